The van der Waals surface area contributed by atoms with Gasteiger partial charge in [-0.3, -0.25) is 0 Å². The van der Waals surface area contributed by atoms with Crippen molar-refractivity contribution in [3.8, 4) is 70.4 Å². The summed E-state index contributed by atoms with van der Waals surface area (Å²) in [6, 6.07) is 21.9. The zero-order valence-electron chi connectivity index (χ0n) is 19.0. The van der Waals surface area contributed by atoms with E-state index >= 15 is 0 Å². The van der Waals surface area contributed by atoms with Gasteiger partial charge >= 0.3 is 0 Å². The molecule has 7 rings (SSSR count). The maximum atomic E-state index is 12.1. The number of hydrogen-bond donors (Lipinski definition) is 3. The summed E-state index contributed by atoms with van der Waals surface area (Å²) in [5.74, 6) is 7.82. The molecule has 3 atom stereocenters. The quantitative estimate of drug-likeness (QED) is 0.343. The van der Waals surface area contributed by atoms with Crippen LogP contribution >= 0.6 is 0 Å². The predicted octanol–water partition coefficient (Wildman–Crippen LogP) is 4.24. The molecule has 4 aromatic carbocycles. The molecule has 3 aliphatic rings. The highest BCUT2D eigenvalue weighted by atomic mass is 16.3. The van der Waals surface area contributed by atoms with Crippen LogP contribution in [0.4, 0.5) is 0 Å². The second-order valence-corrected chi connectivity index (χ2v) is 9.45. The van der Waals surface area contributed by atoms with E-state index in [0.29, 0.717) is 66.8 Å². The van der Waals surface area contributed by atoms with Crippen LogP contribution in [0.3, 0.4) is 0 Å². The molecule has 0 aliphatic heterocycles. The van der Waals surface area contributed by atoms with E-state index in [0.717, 1.165) is 0 Å². The fourth-order valence-electron chi connectivity index (χ4n) is 6.55. The Hall–Kier alpha value is -4.56. The largest absolute Gasteiger partial charge is 0.369 e. The molecule has 0 fully saturated rings. The van der Waals surface area contributed by atoms with E-state index in [1.165, 1.54) is 0 Å². The van der Waals surface area contributed by atoms with Crippen molar-refractivity contribution in [1.29, 1.82) is 0 Å². The van der Waals surface area contributed by atoms with Crippen LogP contribution in [-0.2, 0) is 16.8 Å². The van der Waals surface area contributed by atoms with Crippen LogP contribution in [0.15, 0.2) is 72.8 Å². The number of rotatable bonds is 0. The predicted molar refractivity (Wildman–Crippen MR) is 138 cm³/mol. The minimum Gasteiger partial charge on any atom is -0.369 e. The second kappa shape index (κ2) is 6.35. The maximum Gasteiger partial charge on any atom is 0.178 e. The smallest absolute Gasteiger partial charge is 0.178 e. The molecule has 3 heteroatoms. The average molecular weight is 463 g/mol. The molecular formula is C33H18O3. The lowest BCUT2D eigenvalue weighted by molar-refractivity contribution is 0.143. The Morgan fingerprint density at radius 1 is 0.444 bits per heavy atom. The summed E-state index contributed by atoms with van der Waals surface area (Å²) >= 11 is 0. The number of aliphatic hydroxyl groups is 3. The molecule has 4 aromatic rings. The van der Waals surface area contributed by atoms with Gasteiger partial charge in [0.1, 0.15) is 0 Å². The molecule has 0 heterocycles. The highest BCUT2D eigenvalue weighted by Crippen LogP contribution is 2.66. The molecule has 3 nitrogen and oxygen atoms in total. The van der Waals surface area contributed by atoms with Crippen molar-refractivity contribution in [2.75, 3.05) is 0 Å². The summed E-state index contributed by atoms with van der Waals surface area (Å²) in [6.45, 7) is 0. The third kappa shape index (κ3) is 1.99. The zero-order valence-corrected chi connectivity index (χ0v) is 19.0. The van der Waals surface area contributed by atoms with Crippen LogP contribution in [0.2, 0.25) is 0 Å². The van der Waals surface area contributed by atoms with E-state index in [2.05, 4.69) is 17.8 Å². The van der Waals surface area contributed by atoms with Crippen LogP contribution < -0.4 is 0 Å². The SMILES string of the molecule is C#C[C@@]1(O)c2ccccc2-c2c1c1c(c3c2[C@](O)(C#C)c2ccccc2-3)[C@@](O)(C#C)c2ccccc2-1. The van der Waals surface area contributed by atoms with Crippen molar-refractivity contribution in [1.82, 2.24) is 0 Å². The Bertz CT molecular complexity index is 1590. The van der Waals surface area contributed by atoms with Crippen molar-refractivity contribution in [2.24, 2.45) is 0 Å². The van der Waals surface area contributed by atoms with Crippen LogP contribution in [0.25, 0.3) is 33.4 Å². The topological polar surface area (TPSA) is 60.7 Å². The molecule has 3 N–H and O–H groups in total. The fourth-order valence-corrected chi connectivity index (χ4v) is 6.55. The second-order valence-electron chi connectivity index (χ2n) is 9.45. The lowest BCUT2D eigenvalue weighted by Crippen LogP contribution is -2.28. The first-order valence-electron chi connectivity index (χ1n) is 11.5. The van der Waals surface area contributed by atoms with Crippen LogP contribution in [0.5, 0.6) is 0 Å². The van der Waals surface area contributed by atoms with Gasteiger partial charge < -0.3 is 15.3 Å². The van der Waals surface area contributed by atoms with E-state index in [4.69, 9.17) is 19.3 Å². The minimum absolute atomic E-state index is 0.403. The van der Waals surface area contributed by atoms with Gasteiger partial charge in [-0.15, -0.1) is 19.3 Å². The fraction of sp³-hybridized carbons (Fsp3) is 0.0909. The monoisotopic (exact) mass is 462 g/mol. The molecule has 0 spiro atoms. The zero-order chi connectivity index (χ0) is 25.0. The average Bonchev–Trinajstić information content (AvgIpc) is 3.46. The van der Waals surface area contributed by atoms with Crippen molar-refractivity contribution in [2.45, 2.75) is 16.8 Å². The summed E-state index contributed by atoms with van der Waals surface area (Å²) in [6.07, 6.45) is 18.1. The Morgan fingerprint density at radius 2 is 0.694 bits per heavy atom. The minimum atomic E-state index is -1.83. The lowest BCUT2D eigenvalue weighted by Gasteiger charge is -2.28. The van der Waals surface area contributed by atoms with Crippen LogP contribution in [0.1, 0.15) is 33.4 Å². The van der Waals surface area contributed by atoms with Gasteiger partial charge in [0.15, 0.2) is 16.8 Å². The Morgan fingerprint density at radius 3 is 0.944 bits per heavy atom. The van der Waals surface area contributed by atoms with Gasteiger partial charge in [0, 0.05) is 33.4 Å². The van der Waals surface area contributed by atoms with Gasteiger partial charge in [-0.1, -0.05) is 90.6 Å². The Balaban J connectivity index is 1.83. The van der Waals surface area contributed by atoms with Crippen molar-refractivity contribution in [3.05, 3.63) is 106 Å². The summed E-state index contributed by atoms with van der Waals surface area (Å²) in [5, 5.41) is 36.4. The van der Waals surface area contributed by atoms with Gasteiger partial charge in [0.2, 0.25) is 0 Å². The molecule has 0 saturated heterocycles. The van der Waals surface area contributed by atoms with Crippen LogP contribution in [0, 0.1) is 37.0 Å². The standard InChI is InChI=1S/C33H18O3/c1-4-31(34)22-16-10-7-13-19(22)25-28(31)26-20-14-8-11-17-23(20)32(35,5-2)30(26)27-21-15-9-12-18-24(21)33(36,6-3)29(25)27/h1-3,7-18,34-36H/t31-,32-,33+/m1/s1. The van der Waals surface area contributed by atoms with E-state index in [-0.39, 0.29) is 0 Å². The van der Waals surface area contributed by atoms with Crippen molar-refractivity contribution in [3.63, 3.8) is 0 Å². The van der Waals surface area contributed by atoms with Crippen molar-refractivity contribution >= 4 is 0 Å². The van der Waals surface area contributed by atoms with Gasteiger partial charge in [0.05, 0.1) is 0 Å². The highest BCUT2D eigenvalue weighted by molar-refractivity contribution is 6.05. The Kier molecular flexibility index (Phi) is 3.67. The van der Waals surface area contributed by atoms with E-state index < -0.39 is 16.8 Å². The number of hydrogen-bond acceptors (Lipinski definition) is 3. The molecule has 0 unspecified atom stereocenters. The summed E-state index contributed by atoms with van der Waals surface area (Å²) in [5.41, 5.74) is 1.04. The maximum absolute atomic E-state index is 12.1. The first-order valence-corrected chi connectivity index (χ1v) is 11.5. The molecule has 168 valence electrons. The lowest BCUT2D eigenvalue weighted by atomic mass is 9.77. The summed E-state index contributed by atoms with van der Waals surface area (Å²) < 4.78 is 0. The van der Waals surface area contributed by atoms with E-state index in [1.807, 2.05) is 36.4 Å². The number of benzene rings is 4. The van der Waals surface area contributed by atoms with Crippen molar-refractivity contribution < 1.29 is 15.3 Å². The number of terminal acetylenes is 3. The first kappa shape index (κ1) is 20.8. The van der Waals surface area contributed by atoms with Gasteiger partial charge in [-0.25, -0.2) is 0 Å². The normalized spacial score (nSPS) is 25.3. The molecule has 0 saturated carbocycles. The van der Waals surface area contributed by atoms with Gasteiger partial charge in [0.25, 0.3) is 0 Å². The van der Waals surface area contributed by atoms with Crippen LogP contribution in [-0.4, -0.2) is 15.3 Å². The van der Waals surface area contributed by atoms with Gasteiger partial charge in [-0.2, -0.15) is 0 Å². The molecule has 0 bridgehead atoms. The molecular weight excluding hydrogens is 444 g/mol. The van der Waals surface area contributed by atoms with E-state index in [1.54, 1.807) is 36.4 Å². The summed E-state index contributed by atoms with van der Waals surface area (Å²) in [4.78, 5) is 0. The Labute approximate surface area is 208 Å². The van der Waals surface area contributed by atoms with Gasteiger partial charge in [-0.05, 0) is 33.4 Å². The summed E-state index contributed by atoms with van der Waals surface area (Å²) in [7, 11) is 0. The third-order valence-electron chi connectivity index (χ3n) is 7.97. The molecule has 3 aliphatic carbocycles. The highest BCUT2D eigenvalue weighted by Gasteiger charge is 2.56. The van der Waals surface area contributed by atoms with E-state index in [9.17, 15) is 15.3 Å². The molecule has 36 heavy (non-hydrogen) atoms. The number of fused-ring (bicyclic) bond motifs is 12. The molecule has 0 radical (unpaired) electrons. The third-order valence-corrected chi connectivity index (χ3v) is 7.97. The molecule has 0 amide bonds. The molecule has 0 aromatic heterocycles. The first-order chi connectivity index (χ1) is 17.4.